The predicted molar refractivity (Wildman–Crippen MR) is 104 cm³/mol. The van der Waals surface area contributed by atoms with Crippen LogP contribution >= 0.6 is 11.6 Å². The lowest BCUT2D eigenvalue weighted by Crippen LogP contribution is -2.35. The number of halogens is 2. The van der Waals surface area contributed by atoms with E-state index in [4.69, 9.17) is 17.3 Å². The van der Waals surface area contributed by atoms with E-state index >= 15 is 0 Å². The van der Waals surface area contributed by atoms with Gasteiger partial charge in [-0.25, -0.2) is 4.39 Å². The van der Waals surface area contributed by atoms with Gasteiger partial charge in [0.25, 0.3) is 0 Å². The van der Waals surface area contributed by atoms with Crippen molar-refractivity contribution in [2.24, 2.45) is 5.73 Å². The molecule has 0 radical (unpaired) electrons. The summed E-state index contributed by atoms with van der Waals surface area (Å²) in [7, 11) is 1.98. The Hall–Kier alpha value is -2.11. The first-order chi connectivity index (χ1) is 12.5. The van der Waals surface area contributed by atoms with Gasteiger partial charge in [0.1, 0.15) is 6.17 Å². The first kappa shape index (κ1) is 18.7. The number of nitrogens with zero attached hydrogens (tertiary/aromatic N) is 2. The summed E-state index contributed by atoms with van der Waals surface area (Å²) in [6.07, 6.45) is -0.161. The topological polar surface area (TPSA) is 49.6 Å². The third-order valence-electron chi connectivity index (χ3n) is 4.92. The predicted octanol–water partition coefficient (Wildman–Crippen LogP) is 3.66. The van der Waals surface area contributed by atoms with Crippen LogP contribution in [-0.4, -0.2) is 43.7 Å². The second kappa shape index (κ2) is 8.06. The van der Waals surface area contributed by atoms with E-state index in [2.05, 4.69) is 21.9 Å². The Morgan fingerprint density at radius 3 is 2.65 bits per heavy atom. The van der Waals surface area contributed by atoms with Crippen LogP contribution in [0, 0.1) is 0 Å². The van der Waals surface area contributed by atoms with Crippen molar-refractivity contribution in [3.8, 4) is 0 Å². The summed E-state index contributed by atoms with van der Waals surface area (Å²) in [5, 5.41) is 0.332. The zero-order valence-electron chi connectivity index (χ0n) is 14.7. The molecule has 0 saturated carbocycles. The van der Waals surface area contributed by atoms with Crippen molar-refractivity contribution < 1.29 is 9.18 Å². The molecule has 2 N–H and O–H groups in total. The SMILES string of the molecule is CN(c1ccc(C(N)=O)c(Cl)c1)C(CN1CCC(F)C1)c1ccccc1. The van der Waals surface area contributed by atoms with Crippen LogP contribution in [-0.2, 0) is 0 Å². The maximum Gasteiger partial charge on any atom is 0.250 e. The van der Waals surface area contributed by atoms with E-state index in [-0.39, 0.29) is 6.04 Å². The Labute approximate surface area is 158 Å². The van der Waals surface area contributed by atoms with E-state index in [9.17, 15) is 9.18 Å². The summed E-state index contributed by atoms with van der Waals surface area (Å²) in [5.41, 5.74) is 7.67. The number of alkyl halides is 1. The minimum atomic E-state index is -0.749. The molecular weight excluding hydrogens is 353 g/mol. The van der Waals surface area contributed by atoms with Gasteiger partial charge < -0.3 is 10.6 Å². The number of anilines is 1. The van der Waals surface area contributed by atoms with Gasteiger partial charge in [-0.3, -0.25) is 9.69 Å². The van der Waals surface area contributed by atoms with Crippen molar-refractivity contribution in [2.45, 2.75) is 18.6 Å². The van der Waals surface area contributed by atoms with E-state index in [1.807, 2.05) is 31.3 Å². The number of hydrogen-bond donors (Lipinski definition) is 1. The summed E-state index contributed by atoms with van der Waals surface area (Å²) >= 11 is 6.22. The van der Waals surface area contributed by atoms with E-state index < -0.39 is 12.1 Å². The Bertz CT molecular complexity index is 771. The van der Waals surface area contributed by atoms with Crippen molar-refractivity contribution >= 4 is 23.2 Å². The lowest BCUT2D eigenvalue weighted by molar-refractivity contribution is 0.100. The fourth-order valence-electron chi connectivity index (χ4n) is 3.43. The average molecular weight is 376 g/mol. The van der Waals surface area contributed by atoms with E-state index in [1.54, 1.807) is 12.1 Å². The zero-order valence-corrected chi connectivity index (χ0v) is 15.5. The number of carbonyl (C=O) groups is 1. The number of primary amides is 1. The Morgan fingerprint density at radius 1 is 1.35 bits per heavy atom. The molecule has 6 heteroatoms. The van der Waals surface area contributed by atoms with Gasteiger partial charge in [0.15, 0.2) is 0 Å². The number of likely N-dealkylation sites (tertiary alicyclic amines) is 1. The smallest absolute Gasteiger partial charge is 0.250 e. The number of hydrogen-bond acceptors (Lipinski definition) is 3. The molecular formula is C20H23ClFN3O. The fourth-order valence-corrected chi connectivity index (χ4v) is 3.69. The highest BCUT2D eigenvalue weighted by atomic mass is 35.5. The van der Waals surface area contributed by atoms with Crippen LogP contribution in [0.3, 0.4) is 0 Å². The number of rotatable bonds is 6. The zero-order chi connectivity index (χ0) is 18.7. The molecule has 2 unspecified atom stereocenters. The minimum absolute atomic E-state index is 0.0389. The standard InChI is InChI=1S/C20H23ClFN3O/c1-24(16-7-8-17(20(23)26)18(21)11-16)19(14-5-3-2-4-6-14)13-25-10-9-15(22)12-25/h2-8,11,15,19H,9-10,12-13H2,1H3,(H2,23,26). The Balaban J connectivity index is 1.88. The highest BCUT2D eigenvalue weighted by Crippen LogP contribution is 2.30. The van der Waals surface area contributed by atoms with E-state index in [0.29, 0.717) is 23.6 Å². The molecule has 2 aromatic rings. The van der Waals surface area contributed by atoms with Crippen molar-refractivity contribution in [2.75, 3.05) is 31.6 Å². The number of benzene rings is 2. The van der Waals surface area contributed by atoms with E-state index in [1.165, 1.54) is 0 Å². The number of amides is 1. The molecule has 2 aromatic carbocycles. The molecule has 1 amide bonds. The molecule has 2 atom stereocenters. The van der Waals surface area contributed by atoms with Crippen LogP contribution in [0.2, 0.25) is 5.02 Å². The maximum absolute atomic E-state index is 13.6. The first-order valence-electron chi connectivity index (χ1n) is 8.69. The maximum atomic E-state index is 13.6. The number of carbonyl (C=O) groups excluding carboxylic acids is 1. The van der Waals surface area contributed by atoms with Gasteiger partial charge in [-0.05, 0) is 30.2 Å². The average Bonchev–Trinajstić information content (AvgIpc) is 3.04. The van der Waals surface area contributed by atoms with Crippen LogP contribution in [0.15, 0.2) is 48.5 Å². The van der Waals surface area contributed by atoms with Crippen LogP contribution in [0.1, 0.15) is 28.4 Å². The summed E-state index contributed by atoms with van der Waals surface area (Å²) in [4.78, 5) is 15.7. The molecule has 4 nitrogen and oxygen atoms in total. The minimum Gasteiger partial charge on any atom is -0.366 e. The molecule has 1 fully saturated rings. The van der Waals surface area contributed by atoms with Gasteiger partial charge in [0.2, 0.25) is 5.91 Å². The monoisotopic (exact) mass is 375 g/mol. The molecule has 1 aliphatic rings. The van der Waals surface area contributed by atoms with Gasteiger partial charge in [-0.15, -0.1) is 0 Å². The fraction of sp³-hybridized carbons (Fsp3) is 0.350. The molecule has 1 saturated heterocycles. The third kappa shape index (κ3) is 4.17. The molecule has 0 bridgehead atoms. The lowest BCUT2D eigenvalue weighted by atomic mass is 10.0. The summed E-state index contributed by atoms with van der Waals surface area (Å²) < 4.78 is 13.6. The summed E-state index contributed by atoms with van der Waals surface area (Å²) in [6, 6.07) is 15.4. The molecule has 1 aliphatic heterocycles. The lowest BCUT2D eigenvalue weighted by Gasteiger charge is -2.33. The van der Waals surface area contributed by atoms with Crippen LogP contribution < -0.4 is 10.6 Å². The molecule has 1 heterocycles. The van der Waals surface area contributed by atoms with Gasteiger partial charge >= 0.3 is 0 Å². The summed E-state index contributed by atoms with van der Waals surface area (Å²) in [5.74, 6) is -0.546. The van der Waals surface area contributed by atoms with E-state index in [0.717, 1.165) is 24.3 Å². The van der Waals surface area contributed by atoms with Gasteiger partial charge in [0.05, 0.1) is 16.6 Å². The van der Waals surface area contributed by atoms with Crippen LogP contribution in [0.25, 0.3) is 0 Å². The van der Waals surface area contributed by atoms with Crippen molar-refractivity contribution in [1.29, 1.82) is 0 Å². The van der Waals surface area contributed by atoms with Gasteiger partial charge in [-0.2, -0.15) is 0 Å². The van der Waals surface area contributed by atoms with Crippen molar-refractivity contribution in [3.63, 3.8) is 0 Å². The summed E-state index contributed by atoms with van der Waals surface area (Å²) in [6.45, 7) is 1.95. The second-order valence-corrected chi connectivity index (χ2v) is 7.12. The Morgan fingerprint density at radius 2 is 2.08 bits per heavy atom. The van der Waals surface area contributed by atoms with Gasteiger partial charge in [0, 0.05) is 32.4 Å². The highest BCUT2D eigenvalue weighted by Gasteiger charge is 2.27. The van der Waals surface area contributed by atoms with Gasteiger partial charge in [-0.1, -0.05) is 41.9 Å². The quantitative estimate of drug-likeness (QED) is 0.838. The second-order valence-electron chi connectivity index (χ2n) is 6.71. The third-order valence-corrected chi connectivity index (χ3v) is 5.24. The molecule has 0 aromatic heterocycles. The van der Waals surface area contributed by atoms with Crippen molar-refractivity contribution in [3.05, 3.63) is 64.7 Å². The Kier molecular flexibility index (Phi) is 5.79. The van der Waals surface area contributed by atoms with Crippen molar-refractivity contribution in [1.82, 2.24) is 4.90 Å². The molecule has 0 aliphatic carbocycles. The highest BCUT2D eigenvalue weighted by molar-refractivity contribution is 6.34. The van der Waals surface area contributed by atoms with Crippen LogP contribution in [0.5, 0.6) is 0 Å². The molecule has 138 valence electrons. The molecule has 26 heavy (non-hydrogen) atoms. The normalized spacial score (nSPS) is 18.7. The number of nitrogens with two attached hydrogens (primary N) is 1. The largest absolute Gasteiger partial charge is 0.366 e. The first-order valence-corrected chi connectivity index (χ1v) is 9.07. The number of likely N-dealkylation sites (N-methyl/N-ethyl adjacent to an activating group) is 1. The molecule has 0 spiro atoms. The molecule has 3 rings (SSSR count). The van der Waals surface area contributed by atoms with Crippen LogP contribution in [0.4, 0.5) is 10.1 Å².